The topological polar surface area (TPSA) is 91.6 Å². The number of carboxylic acid groups (broad SMARTS) is 1. The van der Waals surface area contributed by atoms with Crippen molar-refractivity contribution < 1.29 is 19.5 Å². The molecule has 0 unspecified atom stereocenters. The summed E-state index contributed by atoms with van der Waals surface area (Å²) >= 11 is 11.1. The molecule has 7 nitrogen and oxygen atoms in total. The lowest BCUT2D eigenvalue weighted by molar-refractivity contribution is -0.122. The van der Waals surface area contributed by atoms with E-state index < -0.39 is 17.8 Å². The van der Waals surface area contributed by atoms with Gasteiger partial charge in [0.2, 0.25) is 0 Å². The van der Waals surface area contributed by atoms with Gasteiger partial charge < -0.3 is 9.67 Å². The Morgan fingerprint density at radius 1 is 1.03 bits per heavy atom. The van der Waals surface area contributed by atoms with Crippen LogP contribution in [-0.4, -0.2) is 32.6 Å². The van der Waals surface area contributed by atoms with Crippen LogP contribution in [0.5, 0.6) is 0 Å². The van der Waals surface area contributed by atoms with Crippen molar-refractivity contribution in [2.24, 2.45) is 0 Å². The average Bonchev–Trinajstić information content (AvgIpc) is 3.20. The van der Waals surface area contributed by atoms with Crippen LogP contribution in [0.25, 0.3) is 11.8 Å². The molecule has 2 amide bonds. The summed E-state index contributed by atoms with van der Waals surface area (Å²) < 4.78 is 1.80. The van der Waals surface area contributed by atoms with Crippen LogP contribution in [-0.2, 0) is 9.59 Å². The molecule has 1 aliphatic rings. The Hall–Kier alpha value is -3.75. The Morgan fingerprint density at radius 3 is 2.48 bits per heavy atom. The number of nitrogens with zero attached hydrogens (tertiary/aromatic N) is 2. The summed E-state index contributed by atoms with van der Waals surface area (Å²) in [6, 6.07) is 16.4. The molecule has 1 aliphatic heterocycles. The number of amides is 2. The molecule has 0 spiro atoms. The smallest absolute Gasteiger partial charge is 0.335 e. The Kier molecular flexibility index (Phi) is 5.41. The number of rotatable bonds is 4. The van der Waals surface area contributed by atoms with E-state index >= 15 is 0 Å². The fraction of sp³-hybridized carbons (Fsp3) is 0. The van der Waals surface area contributed by atoms with Gasteiger partial charge in [-0.3, -0.25) is 19.8 Å². The van der Waals surface area contributed by atoms with Gasteiger partial charge in [-0.05, 0) is 72.9 Å². The summed E-state index contributed by atoms with van der Waals surface area (Å²) in [5, 5.41) is 12.2. The highest BCUT2D eigenvalue weighted by Crippen LogP contribution is 2.24. The number of aromatic carboxylic acids is 1. The molecule has 0 bridgehead atoms. The number of carboxylic acids is 1. The van der Waals surface area contributed by atoms with Crippen LogP contribution in [0.15, 0.2) is 72.4 Å². The number of nitrogens with one attached hydrogen (secondary N) is 1. The second kappa shape index (κ2) is 8.17. The predicted octanol–water partition coefficient (Wildman–Crippen LogP) is 3.66. The molecule has 0 radical (unpaired) electrons. The molecule has 154 valence electrons. The SMILES string of the molecule is O=C1NC(=S)N(c2cccc(C(=O)O)c2)C(=O)C1=Cc1cccn1-c1ccc(Cl)cc1. The molecule has 31 heavy (non-hydrogen) atoms. The van der Waals surface area contributed by atoms with Gasteiger partial charge in [0.05, 0.1) is 11.3 Å². The van der Waals surface area contributed by atoms with Crippen molar-refractivity contribution in [1.82, 2.24) is 9.88 Å². The molecule has 2 aromatic carbocycles. The number of thiocarbonyl (C=S) groups is 1. The predicted molar refractivity (Wildman–Crippen MR) is 120 cm³/mol. The Morgan fingerprint density at radius 2 is 1.77 bits per heavy atom. The molecule has 0 atom stereocenters. The highest BCUT2D eigenvalue weighted by atomic mass is 35.5. The minimum atomic E-state index is -1.14. The zero-order valence-corrected chi connectivity index (χ0v) is 17.4. The van der Waals surface area contributed by atoms with E-state index in [1.54, 1.807) is 41.1 Å². The summed E-state index contributed by atoms with van der Waals surface area (Å²) in [6.07, 6.45) is 3.25. The number of hydrogen-bond donors (Lipinski definition) is 2. The van der Waals surface area contributed by atoms with Gasteiger partial charge in [0.15, 0.2) is 5.11 Å². The minimum absolute atomic E-state index is 0.00727. The number of carbonyl (C=O) groups is 3. The van der Waals surface area contributed by atoms with Gasteiger partial charge in [-0.1, -0.05) is 17.7 Å². The zero-order valence-electron chi connectivity index (χ0n) is 15.8. The number of carbonyl (C=O) groups excluding carboxylic acids is 2. The monoisotopic (exact) mass is 451 g/mol. The normalized spacial score (nSPS) is 15.3. The highest BCUT2D eigenvalue weighted by molar-refractivity contribution is 7.80. The van der Waals surface area contributed by atoms with Crippen LogP contribution in [0.3, 0.4) is 0 Å². The molecule has 0 aliphatic carbocycles. The number of halogens is 1. The standard InChI is InChI=1S/C22H14ClN3O4S/c23-14-6-8-15(9-7-14)25-10-2-5-16(25)12-18-19(27)24-22(31)26(20(18)28)17-4-1-3-13(11-17)21(29)30/h1-12H,(H,29,30)(H,24,27,31). The maximum atomic E-state index is 13.2. The molecule has 2 heterocycles. The lowest BCUT2D eigenvalue weighted by atomic mass is 10.1. The average molecular weight is 452 g/mol. The van der Waals surface area contributed by atoms with Crippen LogP contribution in [0, 0.1) is 0 Å². The molecule has 0 saturated carbocycles. The zero-order chi connectivity index (χ0) is 22.1. The maximum Gasteiger partial charge on any atom is 0.335 e. The molecule has 1 saturated heterocycles. The van der Waals surface area contributed by atoms with Gasteiger partial charge in [0.25, 0.3) is 11.8 Å². The first kappa shape index (κ1) is 20.5. The fourth-order valence-electron chi connectivity index (χ4n) is 3.17. The van der Waals surface area contributed by atoms with Gasteiger partial charge in [-0.15, -0.1) is 0 Å². The van der Waals surface area contributed by atoms with Crippen LogP contribution in [0.4, 0.5) is 5.69 Å². The highest BCUT2D eigenvalue weighted by Gasteiger charge is 2.35. The van der Waals surface area contributed by atoms with Gasteiger partial charge in [-0.25, -0.2) is 4.79 Å². The molecular formula is C22H14ClN3O4S. The van der Waals surface area contributed by atoms with Gasteiger partial charge in [0, 0.05) is 22.6 Å². The van der Waals surface area contributed by atoms with E-state index in [2.05, 4.69) is 5.32 Å². The minimum Gasteiger partial charge on any atom is -0.478 e. The van der Waals surface area contributed by atoms with E-state index in [0.29, 0.717) is 10.7 Å². The molecular weight excluding hydrogens is 438 g/mol. The first-order valence-corrected chi connectivity index (χ1v) is 9.82. The van der Waals surface area contributed by atoms with Gasteiger partial charge >= 0.3 is 5.97 Å². The Balaban J connectivity index is 1.74. The Labute approximate surface area is 187 Å². The van der Waals surface area contributed by atoms with Crippen LogP contribution in [0.1, 0.15) is 16.1 Å². The number of aromatic nitrogens is 1. The van der Waals surface area contributed by atoms with Crippen molar-refractivity contribution in [2.75, 3.05) is 4.90 Å². The van der Waals surface area contributed by atoms with E-state index in [4.69, 9.17) is 23.8 Å². The van der Waals surface area contributed by atoms with Crippen molar-refractivity contribution >= 4 is 58.5 Å². The van der Waals surface area contributed by atoms with E-state index in [9.17, 15) is 19.5 Å². The second-order valence-corrected chi connectivity index (χ2v) is 7.42. The fourth-order valence-corrected chi connectivity index (χ4v) is 3.57. The molecule has 1 aromatic heterocycles. The van der Waals surface area contributed by atoms with E-state index in [0.717, 1.165) is 10.6 Å². The number of anilines is 1. The third kappa shape index (κ3) is 3.98. The molecule has 2 N–H and O–H groups in total. The van der Waals surface area contributed by atoms with Crippen molar-refractivity contribution in [3.8, 4) is 5.69 Å². The third-order valence-electron chi connectivity index (χ3n) is 4.63. The van der Waals surface area contributed by atoms with Crippen LogP contribution >= 0.6 is 23.8 Å². The number of hydrogen-bond acceptors (Lipinski definition) is 4. The summed E-state index contributed by atoms with van der Waals surface area (Å²) in [6.45, 7) is 0. The second-order valence-electron chi connectivity index (χ2n) is 6.59. The molecule has 3 aromatic rings. The maximum absolute atomic E-state index is 13.2. The lowest BCUT2D eigenvalue weighted by Crippen LogP contribution is -2.54. The summed E-state index contributed by atoms with van der Waals surface area (Å²) in [7, 11) is 0. The molecule has 4 rings (SSSR count). The Bertz CT molecular complexity index is 1260. The van der Waals surface area contributed by atoms with Crippen molar-refractivity contribution in [3.63, 3.8) is 0 Å². The van der Waals surface area contributed by atoms with Gasteiger partial charge in [-0.2, -0.15) is 0 Å². The third-order valence-corrected chi connectivity index (χ3v) is 5.17. The first-order chi connectivity index (χ1) is 14.8. The van der Waals surface area contributed by atoms with Crippen molar-refractivity contribution in [3.05, 3.63) is 88.7 Å². The van der Waals surface area contributed by atoms with Crippen molar-refractivity contribution in [2.45, 2.75) is 0 Å². The van der Waals surface area contributed by atoms with E-state index in [1.807, 2.05) is 12.1 Å². The quantitative estimate of drug-likeness (QED) is 0.359. The molecule has 9 heteroatoms. The lowest BCUT2D eigenvalue weighted by Gasteiger charge is -2.29. The summed E-state index contributed by atoms with van der Waals surface area (Å²) in [5.41, 5.74) is 1.49. The summed E-state index contributed by atoms with van der Waals surface area (Å²) in [5.74, 6) is -2.43. The van der Waals surface area contributed by atoms with E-state index in [1.165, 1.54) is 24.3 Å². The summed E-state index contributed by atoms with van der Waals surface area (Å²) in [4.78, 5) is 38.1. The van der Waals surface area contributed by atoms with E-state index in [-0.39, 0.29) is 21.9 Å². The van der Waals surface area contributed by atoms with Crippen LogP contribution < -0.4 is 10.2 Å². The first-order valence-electron chi connectivity index (χ1n) is 9.03. The largest absolute Gasteiger partial charge is 0.478 e. The van der Waals surface area contributed by atoms with Crippen LogP contribution in [0.2, 0.25) is 5.02 Å². The van der Waals surface area contributed by atoms with Gasteiger partial charge in [0.1, 0.15) is 5.57 Å². The number of benzene rings is 2. The molecule has 1 fully saturated rings. The van der Waals surface area contributed by atoms with Crippen molar-refractivity contribution in [1.29, 1.82) is 0 Å².